The number of hydrogen-bond acceptors (Lipinski definition) is 7. The van der Waals surface area contributed by atoms with E-state index in [4.69, 9.17) is 4.52 Å². The number of rotatable bonds is 13. The Kier molecular flexibility index (Phi) is 9.96. The van der Waals surface area contributed by atoms with Gasteiger partial charge in [-0.3, -0.25) is 9.52 Å². The van der Waals surface area contributed by atoms with Crippen LogP contribution in [-0.4, -0.2) is 42.3 Å². The smallest absolute Gasteiger partial charge is 0.230 e. The molecule has 2 aromatic heterocycles. The Balaban J connectivity index is 1.68. The van der Waals surface area contributed by atoms with Crippen LogP contribution in [0.1, 0.15) is 64.6 Å². The first-order valence-electron chi connectivity index (χ1n) is 12.8. The molecule has 0 saturated heterocycles. The van der Waals surface area contributed by atoms with Gasteiger partial charge in [-0.15, -0.1) is 0 Å². The number of nitrogens with one attached hydrogen (secondary N) is 1. The number of pyridine rings is 1. The largest absolute Gasteiger partial charge is 0.339 e. The van der Waals surface area contributed by atoms with E-state index in [1.807, 2.05) is 45.0 Å². The maximum absolute atomic E-state index is 13.3. The molecule has 11 heteroatoms. The molecule has 210 valence electrons. The zero-order valence-corrected chi connectivity index (χ0v) is 23.7. The van der Waals surface area contributed by atoms with Crippen LogP contribution in [0, 0.1) is 0 Å². The van der Waals surface area contributed by atoms with Crippen LogP contribution in [0.4, 0.5) is 15.9 Å². The minimum absolute atomic E-state index is 0.0184. The summed E-state index contributed by atoms with van der Waals surface area (Å²) in [6.07, 6.45) is 5.68. The number of sulfonamides is 1. The molecule has 9 nitrogen and oxygen atoms in total. The van der Waals surface area contributed by atoms with Crippen LogP contribution in [0.25, 0.3) is 11.1 Å². The summed E-state index contributed by atoms with van der Waals surface area (Å²) >= 11 is 0. The molecule has 1 amide bonds. The van der Waals surface area contributed by atoms with Gasteiger partial charge in [0.1, 0.15) is 5.82 Å². The standard InChI is InChI=1S/C28H36FN5O4S/c1-20(29)13-16-26(35)34(17-8-6-7-12-25-31-27(32-38-25)28(2,3)4)23-11-9-10-21(18-23)22-14-15-24(30-19-22)33-39(5,36)37/h9-11,14-15,18-19H,1,6-8,12-13,16-17H2,2-5H3,(H,30,33). The van der Waals surface area contributed by atoms with Crippen LogP contribution in [0.15, 0.2) is 59.5 Å². The summed E-state index contributed by atoms with van der Waals surface area (Å²) in [5, 5.41) is 4.05. The first-order chi connectivity index (χ1) is 18.3. The summed E-state index contributed by atoms with van der Waals surface area (Å²) in [4.78, 5) is 23.4. The van der Waals surface area contributed by atoms with Gasteiger partial charge in [0.05, 0.1) is 12.1 Å². The first kappa shape index (κ1) is 29.9. The third-order valence-corrected chi connectivity index (χ3v) is 6.45. The maximum atomic E-state index is 13.3. The molecule has 0 aliphatic carbocycles. The number of halogens is 1. The molecule has 0 bridgehead atoms. The summed E-state index contributed by atoms with van der Waals surface area (Å²) in [6.45, 7) is 9.82. The zero-order chi connectivity index (χ0) is 28.6. The van der Waals surface area contributed by atoms with Crippen molar-refractivity contribution in [3.63, 3.8) is 0 Å². The molecule has 0 aliphatic rings. The Bertz CT molecular complexity index is 1380. The summed E-state index contributed by atoms with van der Waals surface area (Å²) in [5.74, 6) is 0.785. The Labute approximate surface area is 229 Å². The second kappa shape index (κ2) is 13.0. The van der Waals surface area contributed by atoms with Crippen LogP contribution in [0.3, 0.4) is 0 Å². The fourth-order valence-corrected chi connectivity index (χ4v) is 4.33. The molecule has 3 rings (SSSR count). The molecule has 0 unspecified atom stereocenters. The van der Waals surface area contributed by atoms with Crippen molar-refractivity contribution in [1.29, 1.82) is 0 Å². The second-order valence-corrected chi connectivity index (χ2v) is 12.2. The van der Waals surface area contributed by atoms with Gasteiger partial charge in [-0.05, 0) is 42.7 Å². The van der Waals surface area contributed by atoms with Crippen molar-refractivity contribution < 1.29 is 22.1 Å². The summed E-state index contributed by atoms with van der Waals surface area (Å²) in [6, 6.07) is 10.8. The normalized spacial score (nSPS) is 11.8. The molecule has 3 aromatic rings. The van der Waals surface area contributed by atoms with Crippen molar-refractivity contribution in [2.75, 3.05) is 22.4 Å². The predicted molar refractivity (Wildman–Crippen MR) is 151 cm³/mol. The lowest BCUT2D eigenvalue weighted by molar-refractivity contribution is -0.118. The van der Waals surface area contributed by atoms with E-state index >= 15 is 0 Å². The predicted octanol–water partition coefficient (Wildman–Crippen LogP) is 5.81. The number of aryl methyl sites for hydroxylation is 1. The zero-order valence-electron chi connectivity index (χ0n) is 22.9. The Morgan fingerprint density at radius 2 is 1.87 bits per heavy atom. The average Bonchev–Trinajstić information content (AvgIpc) is 3.34. The van der Waals surface area contributed by atoms with E-state index in [0.717, 1.165) is 36.6 Å². The highest BCUT2D eigenvalue weighted by molar-refractivity contribution is 7.92. The lowest BCUT2D eigenvalue weighted by Gasteiger charge is -2.23. The number of benzene rings is 1. The van der Waals surface area contributed by atoms with Crippen molar-refractivity contribution in [3.05, 3.63) is 66.7 Å². The topological polar surface area (TPSA) is 118 Å². The fourth-order valence-electron chi connectivity index (χ4n) is 3.83. The number of hydrogen-bond donors (Lipinski definition) is 1. The van der Waals surface area contributed by atoms with E-state index in [1.165, 1.54) is 0 Å². The highest BCUT2D eigenvalue weighted by atomic mass is 32.2. The number of nitrogens with zero attached hydrogens (tertiary/aromatic N) is 4. The van der Waals surface area contributed by atoms with Crippen LogP contribution in [0.2, 0.25) is 0 Å². The maximum Gasteiger partial charge on any atom is 0.230 e. The number of amides is 1. The molecule has 0 radical (unpaired) electrons. The highest BCUT2D eigenvalue weighted by Crippen LogP contribution is 2.27. The number of aromatic nitrogens is 3. The molecule has 1 aromatic carbocycles. The molecule has 2 heterocycles. The molecule has 0 fully saturated rings. The minimum Gasteiger partial charge on any atom is -0.339 e. The van der Waals surface area contributed by atoms with Gasteiger partial charge in [0.2, 0.25) is 21.8 Å². The van der Waals surface area contributed by atoms with Crippen LogP contribution < -0.4 is 9.62 Å². The third-order valence-electron chi connectivity index (χ3n) is 5.87. The Morgan fingerprint density at radius 1 is 1.10 bits per heavy atom. The van der Waals surface area contributed by atoms with Gasteiger partial charge in [-0.1, -0.05) is 51.1 Å². The molecule has 0 saturated carbocycles. The lowest BCUT2D eigenvalue weighted by atomic mass is 9.96. The van der Waals surface area contributed by atoms with Gasteiger partial charge >= 0.3 is 0 Å². The highest BCUT2D eigenvalue weighted by Gasteiger charge is 2.21. The second-order valence-electron chi connectivity index (χ2n) is 10.5. The van der Waals surface area contributed by atoms with Gasteiger partial charge in [0.25, 0.3) is 0 Å². The van der Waals surface area contributed by atoms with Gasteiger partial charge in [-0.2, -0.15) is 4.98 Å². The Morgan fingerprint density at radius 3 is 2.49 bits per heavy atom. The molecule has 0 spiro atoms. The SMILES string of the molecule is C=C(F)CCC(=O)N(CCCCCc1nc(C(C)(C)C)no1)c1cccc(-c2ccc(NS(C)(=O)=O)nc2)c1. The molecule has 0 atom stereocenters. The van der Waals surface area contributed by atoms with Gasteiger partial charge < -0.3 is 9.42 Å². The van der Waals surface area contributed by atoms with Crippen molar-refractivity contribution in [2.24, 2.45) is 0 Å². The van der Waals surface area contributed by atoms with Crippen LogP contribution >= 0.6 is 0 Å². The molecular weight excluding hydrogens is 521 g/mol. The van der Waals surface area contributed by atoms with Crippen molar-refractivity contribution in [1.82, 2.24) is 15.1 Å². The van der Waals surface area contributed by atoms with Crippen molar-refractivity contribution >= 4 is 27.4 Å². The average molecular weight is 558 g/mol. The van der Waals surface area contributed by atoms with Gasteiger partial charge in [0, 0.05) is 48.7 Å². The number of anilines is 2. The summed E-state index contributed by atoms with van der Waals surface area (Å²) in [7, 11) is -3.43. The quantitative estimate of drug-likeness (QED) is 0.264. The monoisotopic (exact) mass is 557 g/mol. The third kappa shape index (κ3) is 9.58. The van der Waals surface area contributed by atoms with Crippen molar-refractivity contribution in [2.45, 2.75) is 64.7 Å². The van der Waals surface area contributed by atoms with Crippen molar-refractivity contribution in [3.8, 4) is 11.1 Å². The number of unbranched alkanes of at least 4 members (excludes halogenated alkanes) is 2. The number of carbonyl (C=O) groups excluding carboxylic acids is 1. The number of carbonyl (C=O) groups is 1. The van der Waals surface area contributed by atoms with Crippen LogP contribution in [-0.2, 0) is 26.7 Å². The van der Waals surface area contributed by atoms with Gasteiger partial charge in [0.15, 0.2) is 5.82 Å². The molecule has 0 aliphatic heterocycles. The molecule has 39 heavy (non-hydrogen) atoms. The molecule has 1 N–H and O–H groups in total. The summed E-state index contributed by atoms with van der Waals surface area (Å²) < 4.78 is 43.9. The van der Waals surface area contributed by atoms with Gasteiger partial charge in [-0.25, -0.2) is 17.8 Å². The van der Waals surface area contributed by atoms with E-state index in [9.17, 15) is 17.6 Å². The van der Waals surface area contributed by atoms with E-state index in [1.54, 1.807) is 23.2 Å². The Hall–Kier alpha value is -3.60. The van der Waals surface area contributed by atoms with E-state index < -0.39 is 15.9 Å². The first-order valence-corrected chi connectivity index (χ1v) is 14.7. The van der Waals surface area contributed by atoms with E-state index in [-0.39, 0.29) is 30.0 Å². The summed E-state index contributed by atoms with van der Waals surface area (Å²) in [5.41, 5.74) is 2.08. The minimum atomic E-state index is -3.43. The molecular formula is C28H36FN5O4S. The van der Waals surface area contributed by atoms with E-state index in [2.05, 4.69) is 26.4 Å². The number of allylic oxidation sites excluding steroid dienone is 1. The fraction of sp³-hybridized carbons (Fsp3) is 0.429. The lowest BCUT2D eigenvalue weighted by Crippen LogP contribution is -2.31. The van der Waals surface area contributed by atoms with E-state index in [0.29, 0.717) is 30.4 Å². The van der Waals surface area contributed by atoms with Crippen LogP contribution in [0.5, 0.6) is 0 Å².